The van der Waals surface area contributed by atoms with E-state index in [1.54, 1.807) is 6.92 Å². The molecule has 3 rings (SSSR count). The summed E-state index contributed by atoms with van der Waals surface area (Å²) < 4.78 is 132. The van der Waals surface area contributed by atoms with Gasteiger partial charge in [-0.3, -0.25) is 4.79 Å². The maximum absolute atomic E-state index is 13.2. The molecule has 0 aliphatic heterocycles. The number of nitrogens with two attached hydrogens (primary N) is 1. The summed E-state index contributed by atoms with van der Waals surface area (Å²) in [4.78, 5) is 19.6. The van der Waals surface area contributed by atoms with Gasteiger partial charge in [-0.05, 0) is 55.5 Å². The first-order chi connectivity index (χ1) is 19.2. The molecule has 1 amide bonds. The van der Waals surface area contributed by atoms with Crippen LogP contribution in [-0.4, -0.2) is 18.5 Å². The average Bonchev–Trinajstić information content (AvgIpc) is 2.86. The van der Waals surface area contributed by atoms with Gasteiger partial charge in [0, 0.05) is 11.4 Å². The van der Waals surface area contributed by atoms with Crippen molar-refractivity contribution in [2.24, 2.45) is 0 Å². The number of hydrogen-bond acceptors (Lipinski definition) is 6. The lowest BCUT2D eigenvalue weighted by Gasteiger charge is -2.41. The van der Waals surface area contributed by atoms with Crippen LogP contribution in [0.5, 0.6) is 0 Å². The average molecular weight is 665 g/mol. The van der Waals surface area contributed by atoms with Crippen LogP contribution in [0.2, 0.25) is 0 Å². The maximum Gasteiger partial charge on any atom is 0.338 e. The molecular formula is C24H18F10N4O3S2. The second-order valence-corrected chi connectivity index (χ2v) is 13.1. The van der Waals surface area contributed by atoms with Crippen LogP contribution in [0.15, 0.2) is 70.5 Å². The number of nitriles is 2. The van der Waals surface area contributed by atoms with Crippen molar-refractivity contribution in [3.63, 3.8) is 0 Å². The van der Waals surface area contributed by atoms with Gasteiger partial charge in [-0.15, -0.1) is 0 Å². The lowest BCUT2D eigenvalue weighted by molar-refractivity contribution is 0.0523. The quantitative estimate of drug-likeness (QED) is 0.153. The highest BCUT2D eigenvalue weighted by Gasteiger charge is 2.67. The Morgan fingerprint density at radius 2 is 1.23 bits per heavy atom. The van der Waals surface area contributed by atoms with Crippen molar-refractivity contribution in [3.8, 4) is 12.1 Å². The standard InChI is InChI=1S/C17H13F5N2O3S.C7H5F5N2S/c1-2-27-17(26)14-6-4-3-5-13(14)16(25)24-12-8-7-11(10-23)15(9-12)28(18,19,20,21)22;8-15(9,10,11,12)7-3-6(14)2-1-5(7)4-13/h3-9H,2H2,1H3,(H,24,25);1-3H,14H2. The molecule has 43 heavy (non-hydrogen) atoms. The number of nitrogen functional groups attached to an aromatic ring is 1. The van der Waals surface area contributed by atoms with Crippen molar-refractivity contribution in [1.82, 2.24) is 0 Å². The summed E-state index contributed by atoms with van der Waals surface area (Å²) in [6, 6.07) is 10.5. The van der Waals surface area contributed by atoms with Gasteiger partial charge < -0.3 is 15.8 Å². The van der Waals surface area contributed by atoms with E-state index >= 15 is 0 Å². The van der Waals surface area contributed by atoms with Gasteiger partial charge in [0.05, 0.1) is 28.9 Å². The highest BCUT2D eigenvalue weighted by atomic mass is 32.5. The summed E-state index contributed by atoms with van der Waals surface area (Å²) in [5.41, 5.74) is 1.10. The molecule has 0 aromatic heterocycles. The van der Waals surface area contributed by atoms with Crippen LogP contribution in [0.25, 0.3) is 0 Å². The van der Waals surface area contributed by atoms with Crippen LogP contribution in [0.3, 0.4) is 0 Å². The number of ether oxygens (including phenoxy) is 1. The van der Waals surface area contributed by atoms with Crippen LogP contribution < -0.4 is 11.1 Å². The van der Waals surface area contributed by atoms with E-state index in [1.807, 2.05) is 5.32 Å². The van der Waals surface area contributed by atoms with Gasteiger partial charge >= 0.3 is 26.4 Å². The van der Waals surface area contributed by atoms with E-state index in [4.69, 9.17) is 21.0 Å². The molecular weight excluding hydrogens is 646 g/mol. The number of carbonyl (C=O) groups is 2. The van der Waals surface area contributed by atoms with Gasteiger partial charge in [0.1, 0.15) is 21.9 Å². The first kappa shape index (κ1) is 34.6. The first-order valence-corrected chi connectivity index (χ1v) is 15.0. The number of rotatable bonds is 6. The second-order valence-electron chi connectivity index (χ2n) is 8.35. The van der Waals surface area contributed by atoms with Gasteiger partial charge in [0.15, 0.2) is 0 Å². The summed E-state index contributed by atoms with van der Waals surface area (Å²) in [6.45, 7) is 1.57. The number of amides is 1. The molecule has 0 radical (unpaired) electrons. The highest BCUT2D eigenvalue weighted by molar-refractivity contribution is 8.46. The number of nitrogens with zero attached hydrogens (tertiary/aromatic N) is 2. The summed E-state index contributed by atoms with van der Waals surface area (Å²) in [7, 11) is -20.0. The lowest BCUT2D eigenvalue weighted by atomic mass is 10.1. The molecule has 0 aliphatic carbocycles. The van der Waals surface area contributed by atoms with E-state index in [-0.39, 0.29) is 29.9 Å². The van der Waals surface area contributed by atoms with Gasteiger partial charge in [0.25, 0.3) is 5.91 Å². The van der Waals surface area contributed by atoms with Crippen LogP contribution in [0, 0.1) is 22.7 Å². The highest BCUT2D eigenvalue weighted by Crippen LogP contribution is 3.03. The number of carbonyl (C=O) groups excluding carboxylic acids is 2. The Balaban J connectivity index is 0.000000362. The third-order valence-corrected chi connectivity index (χ3v) is 7.32. The number of anilines is 2. The van der Waals surface area contributed by atoms with Crippen LogP contribution in [0.4, 0.5) is 50.2 Å². The van der Waals surface area contributed by atoms with E-state index < -0.39 is 64.6 Å². The van der Waals surface area contributed by atoms with Crippen molar-refractivity contribution >= 4 is 43.7 Å². The molecule has 0 bridgehead atoms. The third-order valence-electron chi connectivity index (χ3n) is 4.98. The van der Waals surface area contributed by atoms with Crippen molar-refractivity contribution in [2.45, 2.75) is 16.7 Å². The Morgan fingerprint density at radius 3 is 1.70 bits per heavy atom. The molecule has 0 saturated heterocycles. The molecule has 3 aromatic rings. The minimum atomic E-state index is -10.2. The largest absolute Gasteiger partial charge is 0.462 e. The Bertz CT molecular complexity index is 1700. The van der Waals surface area contributed by atoms with E-state index in [1.165, 1.54) is 24.3 Å². The fourth-order valence-electron chi connectivity index (χ4n) is 3.23. The SMILES string of the molecule is CCOC(=O)c1ccccc1C(=O)Nc1ccc(C#N)c(S(F)(F)(F)(F)F)c1.N#Cc1ccc(N)cc1S(F)(F)(F)(F)F. The number of hydrogen-bond donors (Lipinski definition) is 2. The van der Waals surface area contributed by atoms with E-state index in [0.29, 0.717) is 12.1 Å². The van der Waals surface area contributed by atoms with Gasteiger partial charge in [-0.25, -0.2) is 4.79 Å². The van der Waals surface area contributed by atoms with Crippen LogP contribution in [-0.2, 0) is 4.74 Å². The van der Waals surface area contributed by atoms with Crippen molar-refractivity contribution in [3.05, 3.63) is 82.9 Å². The molecule has 0 saturated carbocycles. The zero-order valence-electron chi connectivity index (χ0n) is 21.3. The maximum atomic E-state index is 13.2. The zero-order chi connectivity index (χ0) is 33.2. The number of benzene rings is 3. The monoisotopic (exact) mass is 664 g/mol. The molecule has 3 N–H and O–H groups in total. The molecule has 0 spiro atoms. The summed E-state index contributed by atoms with van der Waals surface area (Å²) in [5, 5.41) is 19.0. The Kier molecular flexibility index (Phi) is 8.03. The Hall–Kier alpha value is -4.62. The molecule has 3 aromatic carbocycles. The van der Waals surface area contributed by atoms with E-state index in [2.05, 4.69) is 0 Å². The Labute approximate surface area is 236 Å². The predicted molar refractivity (Wildman–Crippen MR) is 140 cm³/mol. The molecule has 0 unspecified atom stereocenters. The summed E-state index contributed by atoms with van der Waals surface area (Å²) in [6.07, 6.45) is 0. The fourth-order valence-corrected chi connectivity index (χ4v) is 5.00. The molecule has 0 atom stereocenters. The molecule has 0 heterocycles. The van der Waals surface area contributed by atoms with Crippen molar-refractivity contribution < 1.29 is 53.2 Å². The van der Waals surface area contributed by atoms with Gasteiger partial charge in [-0.1, -0.05) is 51.0 Å². The lowest BCUT2D eigenvalue weighted by Crippen LogP contribution is -2.18. The van der Waals surface area contributed by atoms with Crippen molar-refractivity contribution in [2.75, 3.05) is 17.7 Å². The smallest absolute Gasteiger partial charge is 0.338 e. The number of nitrogens with one attached hydrogen (secondary N) is 1. The normalized spacial score (nSPS) is 14.5. The molecule has 0 aliphatic rings. The molecule has 19 heteroatoms. The minimum absolute atomic E-state index is 0.00894. The van der Waals surface area contributed by atoms with E-state index in [9.17, 15) is 48.4 Å². The van der Waals surface area contributed by atoms with E-state index in [0.717, 1.165) is 24.3 Å². The predicted octanol–water partition coefficient (Wildman–Crippen LogP) is 9.44. The second kappa shape index (κ2) is 9.99. The van der Waals surface area contributed by atoms with Gasteiger partial charge in [-0.2, -0.15) is 10.5 Å². The van der Waals surface area contributed by atoms with Crippen LogP contribution in [0.1, 0.15) is 38.8 Å². The minimum Gasteiger partial charge on any atom is -0.462 e. The molecule has 234 valence electrons. The molecule has 7 nitrogen and oxygen atoms in total. The first-order valence-electron chi connectivity index (χ1n) is 11.1. The number of halogens is 10. The summed E-state index contributed by atoms with van der Waals surface area (Å²) >= 11 is 0. The van der Waals surface area contributed by atoms with Crippen molar-refractivity contribution in [1.29, 1.82) is 10.5 Å². The van der Waals surface area contributed by atoms with Crippen LogP contribution >= 0.6 is 20.4 Å². The third kappa shape index (κ3) is 9.18. The zero-order valence-corrected chi connectivity index (χ0v) is 22.9. The number of esters is 1. The summed E-state index contributed by atoms with van der Waals surface area (Å²) in [5.74, 6) is -1.85. The Morgan fingerprint density at radius 1 is 0.767 bits per heavy atom. The topological polar surface area (TPSA) is 129 Å². The van der Waals surface area contributed by atoms with Gasteiger partial charge in [0.2, 0.25) is 0 Å². The fraction of sp³-hybridized carbons (Fsp3) is 0.0833. The molecule has 0 fully saturated rings.